The van der Waals surface area contributed by atoms with Crippen LogP contribution in [-0.2, 0) is 14.8 Å². The minimum Gasteiger partial charge on any atom is -0.364 e. The molecule has 2 rings (SSSR count). The zero-order chi connectivity index (χ0) is 14.9. The van der Waals surface area contributed by atoms with Crippen molar-refractivity contribution in [3.05, 3.63) is 18.2 Å². The third kappa shape index (κ3) is 2.51. The van der Waals surface area contributed by atoms with Gasteiger partial charge in [-0.2, -0.15) is 4.31 Å². The molecule has 1 heterocycles. The maximum Gasteiger partial charge on any atom is 0.243 e. The number of nitrogens with one attached hydrogen (secondary N) is 1. The highest BCUT2D eigenvalue weighted by molar-refractivity contribution is 7.89. The van der Waals surface area contributed by atoms with Gasteiger partial charge in [-0.05, 0) is 18.2 Å². The second-order valence-corrected chi connectivity index (χ2v) is 6.61. The van der Waals surface area contributed by atoms with Gasteiger partial charge in [0.15, 0.2) is 0 Å². The van der Waals surface area contributed by atoms with Crippen molar-refractivity contribution in [2.24, 2.45) is 0 Å². The predicted octanol–water partition coefficient (Wildman–Crippen LogP) is 1.11. The van der Waals surface area contributed by atoms with Crippen LogP contribution in [0.25, 0.3) is 0 Å². The number of amides is 1. The van der Waals surface area contributed by atoms with E-state index >= 15 is 0 Å². The lowest BCUT2D eigenvalue weighted by molar-refractivity contribution is -0.115. The summed E-state index contributed by atoms with van der Waals surface area (Å²) in [4.78, 5) is 13.5. The molecule has 0 radical (unpaired) electrons. The highest BCUT2D eigenvalue weighted by Gasteiger charge is 2.25. The summed E-state index contributed by atoms with van der Waals surface area (Å²) < 4.78 is 26.3. The van der Waals surface area contributed by atoms with Crippen molar-refractivity contribution in [2.75, 3.05) is 36.9 Å². The average Bonchev–Trinajstić information content (AvgIpc) is 2.38. The molecule has 1 N–H and O–H groups in total. The maximum atomic E-state index is 12.4. The van der Waals surface area contributed by atoms with Crippen LogP contribution in [0.3, 0.4) is 0 Å². The number of nitrogens with zero attached hydrogens (tertiary/aromatic N) is 2. The molecule has 0 bridgehead atoms. The molecule has 1 aromatic carbocycles. The third-order valence-corrected chi connectivity index (χ3v) is 5.42. The van der Waals surface area contributed by atoms with Crippen LogP contribution < -0.4 is 10.2 Å². The van der Waals surface area contributed by atoms with E-state index in [9.17, 15) is 13.2 Å². The van der Waals surface area contributed by atoms with Crippen LogP contribution in [0.4, 0.5) is 11.4 Å². The van der Waals surface area contributed by atoms with Crippen molar-refractivity contribution in [1.82, 2.24) is 4.31 Å². The molecule has 1 amide bonds. The second-order valence-electron chi connectivity index (χ2n) is 4.67. The highest BCUT2D eigenvalue weighted by Crippen LogP contribution is 2.31. The van der Waals surface area contributed by atoms with Crippen LogP contribution in [0, 0.1) is 0 Å². The van der Waals surface area contributed by atoms with E-state index < -0.39 is 10.0 Å². The number of hydrogen-bond acceptors (Lipinski definition) is 4. The molecule has 0 spiro atoms. The molecule has 1 aliphatic rings. The summed E-state index contributed by atoms with van der Waals surface area (Å²) in [5.41, 5.74) is 1.36. The largest absolute Gasteiger partial charge is 0.364 e. The monoisotopic (exact) mass is 297 g/mol. The Labute approximate surface area is 119 Å². The Morgan fingerprint density at radius 3 is 2.55 bits per heavy atom. The van der Waals surface area contributed by atoms with Crippen LogP contribution in [0.5, 0.6) is 0 Å². The summed E-state index contributed by atoms with van der Waals surface area (Å²) in [5, 5.41) is 2.71. The van der Waals surface area contributed by atoms with Crippen molar-refractivity contribution in [3.8, 4) is 0 Å². The van der Waals surface area contributed by atoms with Crippen molar-refractivity contribution in [3.63, 3.8) is 0 Å². The van der Waals surface area contributed by atoms with E-state index in [1.807, 2.05) is 0 Å². The van der Waals surface area contributed by atoms with Crippen LogP contribution >= 0.6 is 0 Å². The van der Waals surface area contributed by atoms with Crippen LogP contribution in [0.15, 0.2) is 23.1 Å². The summed E-state index contributed by atoms with van der Waals surface area (Å²) in [6.07, 6.45) is 0. The summed E-state index contributed by atoms with van der Waals surface area (Å²) >= 11 is 0. The van der Waals surface area contributed by atoms with Crippen molar-refractivity contribution in [1.29, 1.82) is 0 Å². The van der Waals surface area contributed by atoms with E-state index in [4.69, 9.17) is 0 Å². The quantitative estimate of drug-likeness (QED) is 0.903. The molecular formula is C13H19N3O3S. The van der Waals surface area contributed by atoms with Crippen LogP contribution in [-0.4, -0.2) is 45.3 Å². The number of sulfonamides is 1. The number of likely N-dealkylation sites (N-methyl/N-ethyl adjacent to an activating group) is 1. The van der Waals surface area contributed by atoms with E-state index in [0.29, 0.717) is 18.8 Å². The molecule has 7 heteroatoms. The Kier molecular flexibility index (Phi) is 4.01. The van der Waals surface area contributed by atoms with Gasteiger partial charge in [-0.15, -0.1) is 0 Å². The molecule has 0 aromatic heterocycles. The highest BCUT2D eigenvalue weighted by atomic mass is 32.2. The maximum absolute atomic E-state index is 12.4. The Bertz CT molecular complexity index is 624. The Hall–Kier alpha value is -1.60. The van der Waals surface area contributed by atoms with Gasteiger partial charge in [-0.1, -0.05) is 13.8 Å². The molecule has 0 aliphatic carbocycles. The summed E-state index contributed by atoms with van der Waals surface area (Å²) in [6, 6.07) is 4.84. The van der Waals surface area contributed by atoms with E-state index in [1.54, 1.807) is 37.9 Å². The van der Waals surface area contributed by atoms with E-state index in [2.05, 4.69) is 5.32 Å². The summed E-state index contributed by atoms with van der Waals surface area (Å²) in [6.45, 7) is 4.71. The van der Waals surface area contributed by atoms with E-state index in [1.165, 1.54) is 10.4 Å². The van der Waals surface area contributed by atoms with Gasteiger partial charge in [-0.3, -0.25) is 4.79 Å². The summed E-state index contributed by atoms with van der Waals surface area (Å²) in [7, 11) is -1.70. The van der Waals surface area contributed by atoms with Gasteiger partial charge in [0.25, 0.3) is 0 Å². The second kappa shape index (κ2) is 5.41. The number of carbonyl (C=O) groups excluding carboxylic acids is 1. The molecule has 1 aromatic rings. The fraction of sp³-hybridized carbons (Fsp3) is 0.462. The van der Waals surface area contributed by atoms with Gasteiger partial charge in [0.1, 0.15) is 0 Å². The Balaban J connectivity index is 2.46. The molecule has 20 heavy (non-hydrogen) atoms. The number of anilines is 2. The first-order valence-corrected chi connectivity index (χ1v) is 7.99. The van der Waals surface area contributed by atoms with E-state index in [0.717, 1.165) is 5.69 Å². The van der Waals surface area contributed by atoms with Crippen molar-refractivity contribution >= 4 is 27.3 Å². The molecule has 0 saturated carbocycles. The van der Waals surface area contributed by atoms with Gasteiger partial charge in [0.05, 0.1) is 22.8 Å². The smallest absolute Gasteiger partial charge is 0.243 e. The molecule has 110 valence electrons. The van der Waals surface area contributed by atoms with Gasteiger partial charge < -0.3 is 10.2 Å². The minimum atomic E-state index is -3.51. The van der Waals surface area contributed by atoms with Gasteiger partial charge >= 0.3 is 0 Å². The zero-order valence-electron chi connectivity index (χ0n) is 11.9. The average molecular weight is 297 g/mol. The lowest BCUT2D eigenvalue weighted by atomic mass is 10.2. The molecular weight excluding hydrogens is 278 g/mol. The molecule has 0 unspecified atom stereocenters. The normalized spacial score (nSPS) is 15.2. The zero-order valence-corrected chi connectivity index (χ0v) is 12.7. The Morgan fingerprint density at radius 1 is 1.30 bits per heavy atom. The van der Waals surface area contributed by atoms with Crippen LogP contribution in [0.1, 0.15) is 13.8 Å². The molecule has 1 aliphatic heterocycles. The first-order valence-electron chi connectivity index (χ1n) is 6.55. The third-order valence-electron chi connectivity index (χ3n) is 3.38. The van der Waals surface area contributed by atoms with Crippen molar-refractivity contribution in [2.45, 2.75) is 18.7 Å². The molecule has 6 nitrogen and oxygen atoms in total. The van der Waals surface area contributed by atoms with Gasteiger partial charge in [0, 0.05) is 20.1 Å². The number of benzene rings is 1. The van der Waals surface area contributed by atoms with Gasteiger partial charge in [-0.25, -0.2) is 8.42 Å². The number of hydrogen-bond donors (Lipinski definition) is 1. The summed E-state index contributed by atoms with van der Waals surface area (Å²) in [5.74, 6) is -0.141. The molecule has 0 atom stereocenters. The first kappa shape index (κ1) is 14.8. The lowest BCUT2D eigenvalue weighted by Crippen LogP contribution is -2.36. The van der Waals surface area contributed by atoms with Crippen molar-refractivity contribution < 1.29 is 13.2 Å². The minimum absolute atomic E-state index is 0.141. The van der Waals surface area contributed by atoms with Crippen LogP contribution in [0.2, 0.25) is 0 Å². The SMILES string of the molecule is CCN(CC)S(=O)(=O)c1ccc2c(c1)NC(=O)CN2C. The topological polar surface area (TPSA) is 69.7 Å². The fourth-order valence-electron chi connectivity index (χ4n) is 2.31. The molecule has 0 saturated heterocycles. The fourth-order valence-corrected chi connectivity index (χ4v) is 3.80. The standard InChI is InChI=1S/C13H19N3O3S/c1-4-16(5-2)20(18,19)10-6-7-12-11(8-10)14-13(17)9-15(12)3/h6-8H,4-5,9H2,1-3H3,(H,14,17). The van der Waals surface area contributed by atoms with E-state index in [-0.39, 0.29) is 17.3 Å². The Morgan fingerprint density at radius 2 is 1.95 bits per heavy atom. The van der Waals surface area contributed by atoms with Gasteiger partial charge in [0.2, 0.25) is 15.9 Å². The number of rotatable bonds is 4. The lowest BCUT2D eigenvalue weighted by Gasteiger charge is -2.28. The predicted molar refractivity (Wildman–Crippen MR) is 78.4 cm³/mol. The first-order chi connectivity index (χ1) is 9.40. The molecule has 0 fully saturated rings. The number of fused-ring (bicyclic) bond motifs is 1. The number of carbonyl (C=O) groups is 1.